The molecule has 1 aliphatic rings. The van der Waals surface area contributed by atoms with Crippen molar-refractivity contribution in [2.75, 3.05) is 6.54 Å². The Hall–Kier alpha value is -3.18. The second-order valence-corrected chi connectivity index (χ2v) is 8.10. The highest BCUT2D eigenvalue weighted by molar-refractivity contribution is 6.30. The Kier molecular flexibility index (Phi) is 6.33. The molecule has 0 saturated carbocycles. The molecule has 0 aliphatic carbocycles. The Morgan fingerprint density at radius 3 is 2.65 bits per heavy atom. The van der Waals surface area contributed by atoms with Gasteiger partial charge in [0.05, 0.1) is 12.3 Å². The summed E-state index contributed by atoms with van der Waals surface area (Å²) in [6.07, 6.45) is 0.305. The number of aryl methyl sites for hydroxylation is 1. The minimum Gasteiger partial charge on any atom is -0.390 e. The van der Waals surface area contributed by atoms with Crippen LogP contribution >= 0.6 is 11.6 Å². The van der Waals surface area contributed by atoms with Crippen molar-refractivity contribution in [1.29, 1.82) is 0 Å². The number of carbonyl (C=O) groups excluding carboxylic acids is 1. The maximum Gasteiger partial charge on any atom is 0.254 e. The first kappa shape index (κ1) is 21.1. The molecule has 31 heavy (non-hydrogen) atoms. The van der Waals surface area contributed by atoms with Crippen molar-refractivity contribution in [3.63, 3.8) is 0 Å². The van der Waals surface area contributed by atoms with Crippen LogP contribution in [-0.2, 0) is 11.4 Å². The maximum absolute atomic E-state index is 13.7. The van der Waals surface area contributed by atoms with Crippen molar-refractivity contribution < 1.29 is 14.0 Å². The van der Waals surface area contributed by atoms with Crippen LogP contribution in [0.2, 0.25) is 5.02 Å². The molecule has 1 amide bonds. The summed E-state index contributed by atoms with van der Waals surface area (Å²) in [5.74, 6) is -0.720. The van der Waals surface area contributed by atoms with Gasteiger partial charge in [0.1, 0.15) is 5.82 Å². The van der Waals surface area contributed by atoms with Gasteiger partial charge in [-0.1, -0.05) is 64.8 Å². The van der Waals surface area contributed by atoms with E-state index in [0.717, 1.165) is 16.8 Å². The van der Waals surface area contributed by atoms with E-state index < -0.39 is 5.82 Å². The van der Waals surface area contributed by atoms with E-state index in [2.05, 4.69) is 5.16 Å². The predicted octanol–water partition coefficient (Wildman–Crippen LogP) is 5.62. The first-order valence-corrected chi connectivity index (χ1v) is 10.4. The number of carbonyl (C=O) groups is 1. The largest absolute Gasteiger partial charge is 0.390 e. The normalized spacial score (nSPS) is 15.3. The molecule has 3 aromatic rings. The molecule has 0 aromatic heterocycles. The Balaban J connectivity index is 1.52. The average molecular weight is 437 g/mol. The molecule has 4 nitrogen and oxygen atoms in total. The fourth-order valence-electron chi connectivity index (χ4n) is 3.57. The summed E-state index contributed by atoms with van der Waals surface area (Å²) in [6, 6.07) is 21.1. The van der Waals surface area contributed by atoms with Gasteiger partial charge in [0.25, 0.3) is 5.91 Å². The standard InChI is InChI=1S/C25H22ClFN2O2/c1-17-8-10-19(11-9-17)24-14-23(31-28-24)16-29(15-18-4-2-6-21(26)12-18)25(30)20-5-3-7-22(27)13-20/h2-13,23H,14-16H2,1H3. The van der Waals surface area contributed by atoms with Crippen molar-refractivity contribution in [1.82, 2.24) is 4.90 Å². The molecule has 1 atom stereocenters. The van der Waals surface area contributed by atoms with E-state index in [4.69, 9.17) is 16.4 Å². The molecule has 1 aliphatic heterocycles. The zero-order valence-corrected chi connectivity index (χ0v) is 17.8. The van der Waals surface area contributed by atoms with Crippen LogP contribution < -0.4 is 0 Å². The summed E-state index contributed by atoms with van der Waals surface area (Å²) in [4.78, 5) is 20.5. The second kappa shape index (κ2) is 9.31. The summed E-state index contributed by atoms with van der Waals surface area (Å²) in [5.41, 5.74) is 4.21. The van der Waals surface area contributed by atoms with E-state index in [0.29, 0.717) is 30.1 Å². The highest BCUT2D eigenvalue weighted by atomic mass is 35.5. The van der Waals surface area contributed by atoms with Gasteiger partial charge in [-0.3, -0.25) is 4.79 Å². The lowest BCUT2D eigenvalue weighted by Gasteiger charge is -2.25. The molecular weight excluding hydrogens is 415 g/mol. The molecule has 1 heterocycles. The second-order valence-electron chi connectivity index (χ2n) is 7.66. The van der Waals surface area contributed by atoms with Crippen molar-refractivity contribution in [2.24, 2.45) is 5.16 Å². The molecule has 6 heteroatoms. The topological polar surface area (TPSA) is 41.9 Å². The Labute approximate surface area is 185 Å². The third-order valence-corrected chi connectivity index (χ3v) is 5.40. The summed E-state index contributed by atoms with van der Waals surface area (Å²) in [7, 11) is 0. The average Bonchev–Trinajstić information content (AvgIpc) is 3.22. The molecule has 3 aromatic carbocycles. The number of rotatable bonds is 6. The zero-order chi connectivity index (χ0) is 21.8. The van der Waals surface area contributed by atoms with Crippen LogP contribution in [-0.4, -0.2) is 29.2 Å². The van der Waals surface area contributed by atoms with E-state index >= 15 is 0 Å². The minimum absolute atomic E-state index is 0.271. The number of benzene rings is 3. The quantitative estimate of drug-likeness (QED) is 0.503. The van der Waals surface area contributed by atoms with E-state index in [1.165, 1.54) is 23.8 Å². The smallest absolute Gasteiger partial charge is 0.254 e. The number of nitrogens with zero attached hydrogens (tertiary/aromatic N) is 2. The fourth-order valence-corrected chi connectivity index (χ4v) is 3.78. The lowest BCUT2D eigenvalue weighted by molar-refractivity contribution is 0.0405. The van der Waals surface area contributed by atoms with Crippen molar-refractivity contribution >= 4 is 23.2 Å². The minimum atomic E-state index is -0.448. The highest BCUT2D eigenvalue weighted by Crippen LogP contribution is 2.21. The van der Waals surface area contributed by atoms with Crippen LogP contribution in [0.25, 0.3) is 0 Å². The first-order chi connectivity index (χ1) is 15.0. The van der Waals surface area contributed by atoms with Crippen LogP contribution in [0, 0.1) is 12.7 Å². The van der Waals surface area contributed by atoms with Crippen molar-refractivity contribution in [3.8, 4) is 0 Å². The first-order valence-electron chi connectivity index (χ1n) is 10.1. The van der Waals surface area contributed by atoms with Gasteiger partial charge in [0.2, 0.25) is 0 Å². The van der Waals surface area contributed by atoms with Gasteiger partial charge in [-0.25, -0.2) is 4.39 Å². The highest BCUT2D eigenvalue weighted by Gasteiger charge is 2.27. The maximum atomic E-state index is 13.7. The lowest BCUT2D eigenvalue weighted by Crippen LogP contribution is -2.37. The lowest BCUT2D eigenvalue weighted by atomic mass is 10.0. The fraction of sp³-hybridized carbons (Fsp3) is 0.200. The summed E-state index contributed by atoms with van der Waals surface area (Å²) < 4.78 is 13.7. The molecular formula is C25H22ClFN2O2. The molecule has 4 rings (SSSR count). The summed E-state index contributed by atoms with van der Waals surface area (Å²) in [5, 5.41) is 4.83. The van der Waals surface area contributed by atoms with Crippen molar-refractivity contribution in [2.45, 2.75) is 26.0 Å². The SMILES string of the molecule is Cc1ccc(C2=NOC(CN(Cc3cccc(Cl)c3)C(=O)c3cccc(F)c3)C2)cc1. The molecule has 0 saturated heterocycles. The molecule has 1 unspecified atom stereocenters. The number of oxime groups is 1. The van der Waals surface area contributed by atoms with Gasteiger partial charge in [0.15, 0.2) is 6.10 Å². The molecule has 0 fully saturated rings. The monoisotopic (exact) mass is 436 g/mol. The Morgan fingerprint density at radius 1 is 1.13 bits per heavy atom. The molecule has 158 valence electrons. The number of hydrogen-bond donors (Lipinski definition) is 0. The van der Waals surface area contributed by atoms with E-state index in [9.17, 15) is 9.18 Å². The molecule has 0 bridgehead atoms. The van der Waals surface area contributed by atoms with Crippen LogP contribution in [0.15, 0.2) is 78.0 Å². The van der Waals surface area contributed by atoms with Gasteiger partial charge >= 0.3 is 0 Å². The summed E-state index contributed by atoms with van der Waals surface area (Å²) >= 11 is 6.12. The van der Waals surface area contributed by atoms with Gasteiger partial charge in [-0.2, -0.15) is 0 Å². The third kappa shape index (κ3) is 5.30. The number of amides is 1. The third-order valence-electron chi connectivity index (χ3n) is 5.16. The van der Waals surface area contributed by atoms with Gasteiger partial charge < -0.3 is 9.74 Å². The van der Waals surface area contributed by atoms with Gasteiger partial charge in [0, 0.05) is 23.6 Å². The summed E-state index contributed by atoms with van der Waals surface area (Å²) in [6.45, 7) is 2.68. The Morgan fingerprint density at radius 2 is 1.90 bits per heavy atom. The van der Waals surface area contributed by atoms with Crippen molar-refractivity contribution in [3.05, 3.63) is 106 Å². The van der Waals surface area contributed by atoms with E-state index in [1.807, 2.05) is 49.4 Å². The zero-order valence-electron chi connectivity index (χ0n) is 17.1. The molecule has 0 radical (unpaired) electrons. The van der Waals surface area contributed by atoms with Crippen LogP contribution in [0.5, 0.6) is 0 Å². The van der Waals surface area contributed by atoms with Gasteiger partial charge in [-0.05, 0) is 48.4 Å². The van der Waals surface area contributed by atoms with Gasteiger partial charge in [-0.15, -0.1) is 0 Å². The predicted molar refractivity (Wildman–Crippen MR) is 120 cm³/mol. The van der Waals surface area contributed by atoms with Crippen LogP contribution in [0.4, 0.5) is 4.39 Å². The number of halogens is 2. The Bertz CT molecular complexity index is 1110. The van der Waals surface area contributed by atoms with Crippen LogP contribution in [0.1, 0.15) is 33.5 Å². The van der Waals surface area contributed by atoms with Crippen LogP contribution in [0.3, 0.4) is 0 Å². The molecule has 0 spiro atoms. The van der Waals surface area contributed by atoms with E-state index in [1.54, 1.807) is 17.0 Å². The molecule has 0 N–H and O–H groups in total. The van der Waals surface area contributed by atoms with E-state index in [-0.39, 0.29) is 12.0 Å². The number of hydrogen-bond acceptors (Lipinski definition) is 3.